The third-order valence-corrected chi connectivity index (χ3v) is 2.57. The van der Waals surface area contributed by atoms with Crippen molar-refractivity contribution in [2.24, 2.45) is 17.4 Å². The molecule has 3 nitrogen and oxygen atoms in total. The molecular weight excluding hydrogens is 128 g/mol. The molecule has 0 radical (unpaired) electrons. The van der Waals surface area contributed by atoms with Crippen LogP contribution in [0, 0.1) is 5.92 Å². The van der Waals surface area contributed by atoms with Gasteiger partial charge in [0.15, 0.2) is 0 Å². The largest absolute Gasteiger partial charge is 0.368 e. The van der Waals surface area contributed by atoms with E-state index in [0.29, 0.717) is 0 Å². The summed E-state index contributed by atoms with van der Waals surface area (Å²) in [6.45, 7) is 1.98. The summed E-state index contributed by atoms with van der Waals surface area (Å²) in [7, 11) is 0. The number of rotatable bonds is 1. The van der Waals surface area contributed by atoms with E-state index in [1.807, 2.05) is 6.92 Å². The van der Waals surface area contributed by atoms with Crippen LogP contribution in [0.2, 0.25) is 0 Å². The number of carbonyl (C=O) groups is 1. The molecule has 1 aliphatic carbocycles. The minimum Gasteiger partial charge on any atom is -0.368 e. The number of hydrogen-bond acceptors (Lipinski definition) is 2. The van der Waals surface area contributed by atoms with Crippen LogP contribution in [0.15, 0.2) is 0 Å². The maximum atomic E-state index is 10.8. The fourth-order valence-electron chi connectivity index (χ4n) is 1.57. The van der Waals surface area contributed by atoms with Crippen LogP contribution in [-0.4, -0.2) is 11.4 Å². The Bertz CT molecular complexity index is 158. The maximum Gasteiger partial charge on any atom is 0.237 e. The molecule has 0 aromatic carbocycles. The average molecular weight is 142 g/mol. The molecule has 1 saturated carbocycles. The molecular formula is C7H14N2O. The molecule has 0 aromatic heterocycles. The Morgan fingerprint density at radius 2 is 2.30 bits per heavy atom. The second kappa shape index (κ2) is 2.23. The Kier molecular flexibility index (Phi) is 1.68. The van der Waals surface area contributed by atoms with Crippen LogP contribution in [0.5, 0.6) is 0 Å². The van der Waals surface area contributed by atoms with Crippen LogP contribution >= 0.6 is 0 Å². The fourth-order valence-corrected chi connectivity index (χ4v) is 1.57. The third-order valence-electron chi connectivity index (χ3n) is 2.57. The van der Waals surface area contributed by atoms with Crippen molar-refractivity contribution in [2.75, 3.05) is 0 Å². The average Bonchev–Trinajstić information content (AvgIpc) is 2.15. The van der Waals surface area contributed by atoms with Gasteiger partial charge in [-0.2, -0.15) is 0 Å². The Balaban J connectivity index is 2.75. The van der Waals surface area contributed by atoms with Crippen molar-refractivity contribution in [3.8, 4) is 0 Å². The molecule has 1 aliphatic rings. The fraction of sp³-hybridized carbons (Fsp3) is 0.857. The van der Waals surface area contributed by atoms with Gasteiger partial charge in [-0.05, 0) is 18.8 Å². The van der Waals surface area contributed by atoms with Gasteiger partial charge in [0.2, 0.25) is 5.91 Å². The first-order valence-electron chi connectivity index (χ1n) is 3.66. The van der Waals surface area contributed by atoms with Gasteiger partial charge in [0.1, 0.15) is 0 Å². The zero-order valence-electron chi connectivity index (χ0n) is 6.26. The summed E-state index contributed by atoms with van der Waals surface area (Å²) in [5.74, 6) is -0.0949. The first-order valence-corrected chi connectivity index (χ1v) is 3.66. The molecule has 10 heavy (non-hydrogen) atoms. The molecule has 0 unspecified atom stereocenters. The molecule has 1 amide bonds. The van der Waals surface area contributed by atoms with Gasteiger partial charge in [-0.1, -0.05) is 13.3 Å². The van der Waals surface area contributed by atoms with Gasteiger partial charge in [-0.15, -0.1) is 0 Å². The van der Waals surface area contributed by atoms with Gasteiger partial charge in [0.25, 0.3) is 0 Å². The van der Waals surface area contributed by atoms with Crippen molar-refractivity contribution in [1.82, 2.24) is 0 Å². The van der Waals surface area contributed by atoms with E-state index in [2.05, 4.69) is 0 Å². The molecule has 2 atom stereocenters. The van der Waals surface area contributed by atoms with Crippen LogP contribution in [0.4, 0.5) is 0 Å². The van der Waals surface area contributed by atoms with Gasteiger partial charge in [-0.25, -0.2) is 0 Å². The molecule has 0 aromatic rings. The molecule has 0 heterocycles. The van der Waals surface area contributed by atoms with E-state index in [0.717, 1.165) is 19.3 Å². The second-order valence-corrected chi connectivity index (χ2v) is 3.20. The monoisotopic (exact) mass is 142 g/mol. The minimum atomic E-state index is -0.708. The first-order chi connectivity index (χ1) is 4.57. The molecule has 1 rings (SSSR count). The molecule has 1 fully saturated rings. The first kappa shape index (κ1) is 7.54. The topological polar surface area (TPSA) is 69.1 Å². The van der Waals surface area contributed by atoms with Crippen molar-refractivity contribution in [2.45, 2.75) is 31.7 Å². The third kappa shape index (κ3) is 0.904. The summed E-state index contributed by atoms with van der Waals surface area (Å²) in [5.41, 5.74) is 10.2. The van der Waals surface area contributed by atoms with Gasteiger partial charge in [0.05, 0.1) is 5.54 Å². The molecule has 0 aliphatic heterocycles. The lowest BCUT2D eigenvalue weighted by molar-refractivity contribution is -0.124. The molecule has 4 N–H and O–H groups in total. The molecule has 0 saturated heterocycles. The Morgan fingerprint density at radius 1 is 1.70 bits per heavy atom. The number of nitrogens with two attached hydrogens (primary N) is 2. The highest BCUT2D eigenvalue weighted by atomic mass is 16.1. The lowest BCUT2D eigenvalue weighted by Crippen LogP contribution is -2.53. The normalized spacial score (nSPS) is 40.0. The molecule has 0 spiro atoms. The van der Waals surface area contributed by atoms with Crippen LogP contribution in [0.25, 0.3) is 0 Å². The Labute approximate surface area is 60.8 Å². The van der Waals surface area contributed by atoms with Crippen molar-refractivity contribution in [3.63, 3.8) is 0 Å². The van der Waals surface area contributed by atoms with Gasteiger partial charge < -0.3 is 11.5 Å². The van der Waals surface area contributed by atoms with Crippen LogP contribution in [0.3, 0.4) is 0 Å². The zero-order chi connectivity index (χ0) is 7.78. The van der Waals surface area contributed by atoms with Crippen molar-refractivity contribution in [3.05, 3.63) is 0 Å². The second-order valence-electron chi connectivity index (χ2n) is 3.20. The summed E-state index contributed by atoms with van der Waals surface area (Å²) in [6, 6.07) is 0. The van der Waals surface area contributed by atoms with E-state index >= 15 is 0 Å². The maximum absolute atomic E-state index is 10.8. The minimum absolute atomic E-state index is 0.255. The molecule has 3 heteroatoms. The molecule has 58 valence electrons. The lowest BCUT2D eigenvalue weighted by atomic mass is 9.89. The van der Waals surface area contributed by atoms with E-state index in [4.69, 9.17) is 11.5 Å². The van der Waals surface area contributed by atoms with Crippen molar-refractivity contribution in [1.29, 1.82) is 0 Å². The molecule has 0 bridgehead atoms. The van der Waals surface area contributed by atoms with E-state index in [1.54, 1.807) is 0 Å². The van der Waals surface area contributed by atoms with Gasteiger partial charge in [0, 0.05) is 0 Å². The summed E-state index contributed by atoms with van der Waals surface area (Å²) < 4.78 is 0. The van der Waals surface area contributed by atoms with E-state index in [1.165, 1.54) is 0 Å². The van der Waals surface area contributed by atoms with Gasteiger partial charge in [-0.3, -0.25) is 4.79 Å². The summed E-state index contributed by atoms with van der Waals surface area (Å²) in [5, 5.41) is 0. The van der Waals surface area contributed by atoms with Crippen LogP contribution in [-0.2, 0) is 4.79 Å². The zero-order valence-corrected chi connectivity index (χ0v) is 6.26. The van der Waals surface area contributed by atoms with E-state index in [-0.39, 0.29) is 11.8 Å². The van der Waals surface area contributed by atoms with Crippen molar-refractivity contribution >= 4 is 5.91 Å². The summed E-state index contributed by atoms with van der Waals surface area (Å²) in [4.78, 5) is 10.8. The van der Waals surface area contributed by atoms with Crippen molar-refractivity contribution < 1.29 is 4.79 Å². The number of carbonyl (C=O) groups excluding carboxylic acids is 1. The quantitative estimate of drug-likeness (QED) is 0.540. The van der Waals surface area contributed by atoms with Gasteiger partial charge >= 0.3 is 0 Å². The number of amides is 1. The van der Waals surface area contributed by atoms with E-state index < -0.39 is 5.54 Å². The number of primary amides is 1. The Morgan fingerprint density at radius 3 is 2.50 bits per heavy atom. The highest BCUT2D eigenvalue weighted by Crippen LogP contribution is 2.32. The SMILES string of the molecule is C[C@@H]1CCC[C@]1(N)C(N)=O. The predicted octanol–water partition coefficient (Wildman–Crippen LogP) is -0.0108. The highest BCUT2D eigenvalue weighted by molar-refractivity contribution is 5.85. The van der Waals surface area contributed by atoms with Crippen LogP contribution < -0.4 is 11.5 Å². The van der Waals surface area contributed by atoms with Crippen LogP contribution in [0.1, 0.15) is 26.2 Å². The highest BCUT2D eigenvalue weighted by Gasteiger charge is 2.41. The standard InChI is InChI=1S/C7H14N2O/c1-5-3-2-4-7(5,9)6(8)10/h5H,2-4,9H2,1H3,(H2,8,10)/t5-,7-/m1/s1. The predicted molar refractivity (Wildman–Crippen MR) is 39.1 cm³/mol. The lowest BCUT2D eigenvalue weighted by Gasteiger charge is -2.24. The Hall–Kier alpha value is -0.570. The summed E-state index contributed by atoms with van der Waals surface area (Å²) >= 11 is 0. The van der Waals surface area contributed by atoms with E-state index in [9.17, 15) is 4.79 Å². The smallest absolute Gasteiger partial charge is 0.237 e. The summed E-state index contributed by atoms with van der Waals surface area (Å²) in [6.07, 6.45) is 2.81. The number of hydrogen-bond donors (Lipinski definition) is 2.